The zero-order valence-electron chi connectivity index (χ0n) is 20.8. The standard InChI is InChI=1S/C28H29BrN2O7/c1-3-13-30(17-9-11-18(37-2)12-10-17)26(34)24-28-14-19(29)23(38-28)21(27(35)36)22(28)25(33)31(24)20(15-32)16-7-5-4-6-8-16/h3-12,19-24,32H,1,13-15H2,2H3,(H,35,36)/t19?,20-,21+,22+,23+,24?,28?/m1/s1. The Kier molecular flexibility index (Phi) is 7.06. The number of hydrogen-bond donors (Lipinski definition) is 2. The van der Waals surface area contributed by atoms with Gasteiger partial charge in [0.15, 0.2) is 0 Å². The van der Waals surface area contributed by atoms with Crippen molar-refractivity contribution in [3.63, 3.8) is 0 Å². The van der Waals surface area contributed by atoms with Crippen LogP contribution in [0.1, 0.15) is 18.0 Å². The summed E-state index contributed by atoms with van der Waals surface area (Å²) in [6.07, 6.45) is 1.11. The molecule has 3 unspecified atom stereocenters. The number of rotatable bonds is 9. The summed E-state index contributed by atoms with van der Waals surface area (Å²) < 4.78 is 11.6. The van der Waals surface area contributed by atoms with E-state index in [2.05, 4.69) is 22.5 Å². The molecule has 2 N–H and O–H groups in total. The number of methoxy groups -OCH3 is 1. The summed E-state index contributed by atoms with van der Waals surface area (Å²) in [6.45, 7) is 3.49. The summed E-state index contributed by atoms with van der Waals surface area (Å²) in [5, 5.41) is 20.6. The summed E-state index contributed by atoms with van der Waals surface area (Å²) in [7, 11) is 1.55. The molecule has 7 atom stereocenters. The number of anilines is 1. The molecule has 0 saturated carbocycles. The van der Waals surface area contributed by atoms with E-state index in [0.29, 0.717) is 17.0 Å². The van der Waals surface area contributed by atoms with Gasteiger partial charge in [-0.3, -0.25) is 14.4 Å². The van der Waals surface area contributed by atoms with Crippen LogP contribution in [0.3, 0.4) is 0 Å². The van der Waals surface area contributed by atoms with E-state index in [-0.39, 0.29) is 17.8 Å². The van der Waals surface area contributed by atoms with Crippen LogP contribution in [0.15, 0.2) is 67.3 Å². The summed E-state index contributed by atoms with van der Waals surface area (Å²) in [4.78, 5) is 43.6. The van der Waals surface area contributed by atoms with Crippen LogP contribution in [0.5, 0.6) is 5.75 Å². The van der Waals surface area contributed by atoms with E-state index < -0.39 is 60.0 Å². The van der Waals surface area contributed by atoms with Crippen molar-refractivity contribution < 1.29 is 34.1 Å². The van der Waals surface area contributed by atoms with E-state index in [1.807, 2.05) is 6.07 Å². The topological polar surface area (TPSA) is 117 Å². The van der Waals surface area contributed by atoms with Crippen LogP contribution in [0.4, 0.5) is 5.69 Å². The smallest absolute Gasteiger partial charge is 0.310 e. The van der Waals surface area contributed by atoms with E-state index in [1.54, 1.807) is 61.7 Å². The highest BCUT2D eigenvalue weighted by molar-refractivity contribution is 9.09. The number of alkyl halides is 1. The Labute approximate surface area is 228 Å². The lowest BCUT2D eigenvalue weighted by Gasteiger charge is -2.39. The Bertz CT molecular complexity index is 1240. The molecule has 2 amide bonds. The predicted octanol–water partition coefficient (Wildman–Crippen LogP) is 2.78. The van der Waals surface area contributed by atoms with Crippen molar-refractivity contribution in [3.8, 4) is 5.75 Å². The maximum absolute atomic E-state index is 14.5. The Morgan fingerprint density at radius 1 is 1.26 bits per heavy atom. The first-order valence-electron chi connectivity index (χ1n) is 12.4. The third kappa shape index (κ3) is 3.93. The van der Waals surface area contributed by atoms with Gasteiger partial charge in [-0.05, 0) is 36.2 Å². The highest BCUT2D eigenvalue weighted by Crippen LogP contribution is 2.61. The van der Waals surface area contributed by atoms with Gasteiger partial charge < -0.3 is 29.5 Å². The first-order valence-corrected chi connectivity index (χ1v) is 13.3. The molecule has 2 aromatic carbocycles. The number of benzene rings is 2. The Hall–Kier alpha value is -3.21. The van der Waals surface area contributed by atoms with Gasteiger partial charge in [-0.15, -0.1) is 6.58 Å². The number of hydrogen-bond acceptors (Lipinski definition) is 6. The number of aliphatic carboxylic acids is 1. The van der Waals surface area contributed by atoms with E-state index in [4.69, 9.17) is 9.47 Å². The summed E-state index contributed by atoms with van der Waals surface area (Å²) in [5.74, 6) is -3.66. The fraction of sp³-hybridized carbons (Fsp3) is 0.393. The number of aliphatic hydroxyl groups is 1. The van der Waals surface area contributed by atoms with Gasteiger partial charge in [-0.25, -0.2) is 0 Å². The second kappa shape index (κ2) is 10.2. The molecule has 5 rings (SSSR count). The molecule has 3 aliphatic rings. The molecule has 3 saturated heterocycles. The number of amides is 2. The zero-order chi connectivity index (χ0) is 27.2. The average molecular weight is 585 g/mol. The maximum Gasteiger partial charge on any atom is 0.310 e. The summed E-state index contributed by atoms with van der Waals surface area (Å²) in [6, 6.07) is 13.8. The predicted molar refractivity (Wildman–Crippen MR) is 142 cm³/mol. The fourth-order valence-electron chi connectivity index (χ4n) is 6.36. The molecule has 0 aromatic heterocycles. The van der Waals surface area contributed by atoms with Gasteiger partial charge >= 0.3 is 5.97 Å². The molecule has 0 aliphatic carbocycles. The lowest BCUT2D eigenvalue weighted by Crippen LogP contribution is -2.57. The second-order valence-electron chi connectivity index (χ2n) is 9.79. The van der Waals surface area contributed by atoms with Crippen LogP contribution in [-0.2, 0) is 19.1 Å². The van der Waals surface area contributed by atoms with Crippen LogP contribution in [-0.4, -0.2) is 75.7 Å². The quantitative estimate of drug-likeness (QED) is 0.344. The van der Waals surface area contributed by atoms with Crippen molar-refractivity contribution in [1.82, 2.24) is 4.90 Å². The van der Waals surface area contributed by atoms with Gasteiger partial charge in [-0.1, -0.05) is 52.3 Å². The van der Waals surface area contributed by atoms with Crippen molar-refractivity contribution in [3.05, 3.63) is 72.8 Å². The van der Waals surface area contributed by atoms with Gasteiger partial charge in [0, 0.05) is 17.1 Å². The molecule has 3 fully saturated rings. The molecule has 38 heavy (non-hydrogen) atoms. The van der Waals surface area contributed by atoms with Crippen molar-refractivity contribution in [2.24, 2.45) is 11.8 Å². The van der Waals surface area contributed by atoms with E-state index in [1.165, 1.54) is 9.80 Å². The van der Waals surface area contributed by atoms with Crippen LogP contribution in [0.2, 0.25) is 0 Å². The van der Waals surface area contributed by atoms with Crippen molar-refractivity contribution in [2.45, 2.75) is 35.0 Å². The number of halogens is 1. The van der Waals surface area contributed by atoms with Gasteiger partial charge in [0.2, 0.25) is 5.91 Å². The molecule has 200 valence electrons. The number of likely N-dealkylation sites (tertiary alicyclic amines) is 1. The monoisotopic (exact) mass is 584 g/mol. The van der Waals surface area contributed by atoms with E-state index in [0.717, 1.165) is 0 Å². The number of carboxylic acids is 1. The van der Waals surface area contributed by atoms with Crippen LogP contribution in [0.25, 0.3) is 0 Å². The van der Waals surface area contributed by atoms with Crippen molar-refractivity contribution in [1.29, 1.82) is 0 Å². The van der Waals surface area contributed by atoms with Crippen LogP contribution < -0.4 is 9.64 Å². The number of ether oxygens (including phenoxy) is 2. The maximum atomic E-state index is 14.5. The zero-order valence-corrected chi connectivity index (χ0v) is 22.4. The number of carbonyl (C=O) groups is 3. The molecule has 1 spiro atoms. The highest BCUT2D eigenvalue weighted by atomic mass is 79.9. The van der Waals surface area contributed by atoms with Crippen LogP contribution in [0, 0.1) is 11.8 Å². The minimum absolute atomic E-state index is 0.142. The number of nitrogens with zero attached hydrogens (tertiary/aromatic N) is 2. The van der Waals surface area contributed by atoms with Crippen LogP contribution >= 0.6 is 15.9 Å². The normalized spacial score (nSPS) is 30.1. The lowest BCUT2D eigenvalue weighted by atomic mass is 9.70. The third-order valence-corrected chi connectivity index (χ3v) is 8.75. The first kappa shape index (κ1) is 26.4. The molecule has 2 aromatic rings. The summed E-state index contributed by atoms with van der Waals surface area (Å²) in [5.41, 5.74) is -0.181. The second-order valence-corrected chi connectivity index (χ2v) is 11.0. The SMILES string of the molecule is C=CCN(C(=O)C1N([C@H](CO)c2ccccc2)C(=O)[C@@H]2[C@H](C(=O)O)[C@H]3OC12CC3Br)c1ccc(OC)cc1. The van der Waals surface area contributed by atoms with Crippen molar-refractivity contribution in [2.75, 3.05) is 25.2 Å². The number of aliphatic hydroxyl groups excluding tert-OH is 1. The van der Waals surface area contributed by atoms with Crippen molar-refractivity contribution >= 4 is 39.4 Å². The lowest BCUT2D eigenvalue weighted by molar-refractivity contribution is -0.151. The molecule has 10 heteroatoms. The molecule has 0 radical (unpaired) electrons. The Morgan fingerprint density at radius 2 is 1.95 bits per heavy atom. The molecular weight excluding hydrogens is 556 g/mol. The highest BCUT2D eigenvalue weighted by Gasteiger charge is 2.77. The van der Waals surface area contributed by atoms with Gasteiger partial charge in [0.05, 0.1) is 37.7 Å². The molecule has 3 aliphatic heterocycles. The minimum atomic E-state index is -1.37. The average Bonchev–Trinajstić information content (AvgIpc) is 3.52. The third-order valence-electron chi connectivity index (χ3n) is 7.90. The number of carboxylic acid groups (broad SMARTS) is 1. The molecular formula is C28H29BrN2O7. The summed E-state index contributed by atoms with van der Waals surface area (Å²) >= 11 is 3.56. The Balaban J connectivity index is 1.65. The van der Waals surface area contributed by atoms with Gasteiger partial charge in [-0.2, -0.15) is 0 Å². The number of fused-ring (bicyclic) bond motifs is 1. The van der Waals surface area contributed by atoms with Gasteiger partial charge in [0.1, 0.15) is 17.4 Å². The minimum Gasteiger partial charge on any atom is -0.497 e. The molecule has 3 heterocycles. The molecule has 2 bridgehead atoms. The Morgan fingerprint density at radius 3 is 2.53 bits per heavy atom. The van der Waals surface area contributed by atoms with E-state index >= 15 is 0 Å². The molecule has 9 nitrogen and oxygen atoms in total. The first-order chi connectivity index (χ1) is 18.3. The van der Waals surface area contributed by atoms with Gasteiger partial charge in [0.25, 0.3) is 5.91 Å². The number of carbonyl (C=O) groups excluding carboxylic acids is 2. The largest absolute Gasteiger partial charge is 0.497 e. The van der Waals surface area contributed by atoms with E-state index in [9.17, 15) is 24.6 Å². The fourth-order valence-corrected chi connectivity index (χ4v) is 7.30.